The predicted molar refractivity (Wildman–Crippen MR) is 94.9 cm³/mol. The highest BCUT2D eigenvalue weighted by Crippen LogP contribution is 2.15. The van der Waals surface area contributed by atoms with Gasteiger partial charge in [0.2, 0.25) is 5.91 Å². The van der Waals surface area contributed by atoms with Crippen LogP contribution in [0.3, 0.4) is 0 Å². The molecule has 0 aliphatic heterocycles. The van der Waals surface area contributed by atoms with Gasteiger partial charge in [0.1, 0.15) is 0 Å². The molecule has 0 spiro atoms. The monoisotopic (exact) mass is 340 g/mol. The Labute approximate surface area is 146 Å². The van der Waals surface area contributed by atoms with Gasteiger partial charge in [0, 0.05) is 17.6 Å². The van der Waals surface area contributed by atoms with E-state index in [0.29, 0.717) is 16.1 Å². The Morgan fingerprint density at radius 2 is 1.79 bits per heavy atom. The van der Waals surface area contributed by atoms with Crippen molar-refractivity contribution >= 4 is 23.4 Å². The highest BCUT2D eigenvalue weighted by molar-refractivity contribution is 6.31. The average Bonchev–Trinajstić information content (AvgIpc) is 2.60. The van der Waals surface area contributed by atoms with Crippen molar-refractivity contribution in [3.8, 4) is 11.8 Å². The van der Waals surface area contributed by atoms with E-state index in [-0.39, 0.29) is 24.8 Å². The number of hydrogen-bond donors (Lipinski definition) is 2. The molecule has 24 heavy (non-hydrogen) atoms. The standard InChI is InChI=1S/C19H17ClN2O2/c1-21-19(24)16-10-4-2-7-14(16)9-6-12-22-18(23)13-15-8-3-5-11-17(15)20/h2-5,7-8,10-11H,12-13H2,1H3,(H,21,24)(H,22,23). The maximum atomic E-state index is 11.9. The Morgan fingerprint density at radius 1 is 1.08 bits per heavy atom. The molecule has 0 unspecified atom stereocenters. The van der Waals surface area contributed by atoms with Gasteiger partial charge in [-0.05, 0) is 23.8 Å². The molecule has 2 N–H and O–H groups in total. The first-order valence-electron chi connectivity index (χ1n) is 7.42. The second-order valence-electron chi connectivity index (χ2n) is 4.97. The first-order chi connectivity index (χ1) is 11.6. The number of carbonyl (C=O) groups is 2. The van der Waals surface area contributed by atoms with E-state index in [2.05, 4.69) is 22.5 Å². The Bertz CT molecular complexity index is 806. The molecular formula is C19H17ClN2O2. The summed E-state index contributed by atoms with van der Waals surface area (Å²) >= 11 is 6.02. The Hall–Kier alpha value is -2.77. The number of amides is 2. The summed E-state index contributed by atoms with van der Waals surface area (Å²) in [5, 5.41) is 5.86. The maximum absolute atomic E-state index is 11.9. The summed E-state index contributed by atoms with van der Waals surface area (Å²) in [6.45, 7) is 0.200. The Balaban J connectivity index is 1.94. The van der Waals surface area contributed by atoms with Gasteiger partial charge in [-0.15, -0.1) is 0 Å². The summed E-state index contributed by atoms with van der Waals surface area (Å²) in [6, 6.07) is 14.3. The van der Waals surface area contributed by atoms with E-state index in [9.17, 15) is 9.59 Å². The number of rotatable bonds is 4. The molecule has 0 fully saturated rings. The molecule has 0 saturated carbocycles. The summed E-state index contributed by atoms with van der Waals surface area (Å²) < 4.78 is 0. The Morgan fingerprint density at radius 3 is 2.54 bits per heavy atom. The zero-order valence-corrected chi connectivity index (χ0v) is 14.0. The van der Waals surface area contributed by atoms with Crippen LogP contribution in [0.4, 0.5) is 0 Å². The van der Waals surface area contributed by atoms with Gasteiger partial charge in [-0.25, -0.2) is 0 Å². The minimum absolute atomic E-state index is 0.156. The normalized spacial score (nSPS) is 9.58. The molecule has 2 rings (SSSR count). The minimum atomic E-state index is -0.192. The van der Waals surface area contributed by atoms with E-state index in [1.807, 2.05) is 24.3 Å². The van der Waals surface area contributed by atoms with Crippen LogP contribution in [0.5, 0.6) is 0 Å². The summed E-state index contributed by atoms with van der Waals surface area (Å²) in [5.74, 6) is 5.42. The van der Waals surface area contributed by atoms with Crippen molar-refractivity contribution in [2.24, 2.45) is 0 Å². The third kappa shape index (κ3) is 4.87. The second kappa shape index (κ2) is 8.76. The molecule has 0 aromatic heterocycles. The zero-order chi connectivity index (χ0) is 17.4. The average molecular weight is 341 g/mol. The molecule has 0 atom stereocenters. The third-order valence-electron chi connectivity index (χ3n) is 3.30. The van der Waals surface area contributed by atoms with Crippen LogP contribution in [0.1, 0.15) is 21.5 Å². The molecule has 122 valence electrons. The first-order valence-corrected chi connectivity index (χ1v) is 7.79. The molecule has 0 saturated heterocycles. The second-order valence-corrected chi connectivity index (χ2v) is 5.38. The van der Waals surface area contributed by atoms with Crippen LogP contribution in [0, 0.1) is 11.8 Å². The summed E-state index contributed by atoms with van der Waals surface area (Å²) in [7, 11) is 1.57. The van der Waals surface area contributed by atoms with Crippen LogP contribution in [0.2, 0.25) is 5.02 Å². The van der Waals surface area contributed by atoms with E-state index in [1.54, 1.807) is 31.3 Å². The van der Waals surface area contributed by atoms with Gasteiger partial charge in [-0.1, -0.05) is 53.8 Å². The molecular weight excluding hydrogens is 324 g/mol. The van der Waals surface area contributed by atoms with E-state index < -0.39 is 0 Å². The van der Waals surface area contributed by atoms with Crippen molar-refractivity contribution in [3.05, 3.63) is 70.2 Å². The van der Waals surface area contributed by atoms with Crippen molar-refractivity contribution < 1.29 is 9.59 Å². The van der Waals surface area contributed by atoms with Crippen LogP contribution in [-0.4, -0.2) is 25.4 Å². The van der Waals surface area contributed by atoms with Gasteiger partial charge in [0.15, 0.2) is 0 Å². The molecule has 0 radical (unpaired) electrons. The lowest BCUT2D eigenvalue weighted by Gasteiger charge is -2.04. The molecule has 0 heterocycles. The van der Waals surface area contributed by atoms with Crippen LogP contribution in [0.15, 0.2) is 48.5 Å². The molecule has 4 nitrogen and oxygen atoms in total. The minimum Gasteiger partial charge on any atom is -0.355 e. The maximum Gasteiger partial charge on any atom is 0.252 e. The largest absolute Gasteiger partial charge is 0.355 e. The number of nitrogens with one attached hydrogen (secondary N) is 2. The smallest absolute Gasteiger partial charge is 0.252 e. The topological polar surface area (TPSA) is 58.2 Å². The van der Waals surface area contributed by atoms with Gasteiger partial charge in [0.05, 0.1) is 18.5 Å². The van der Waals surface area contributed by atoms with Gasteiger partial charge >= 0.3 is 0 Å². The highest BCUT2D eigenvalue weighted by atomic mass is 35.5. The van der Waals surface area contributed by atoms with Crippen LogP contribution in [0.25, 0.3) is 0 Å². The van der Waals surface area contributed by atoms with Gasteiger partial charge < -0.3 is 10.6 Å². The van der Waals surface area contributed by atoms with Crippen molar-refractivity contribution in [3.63, 3.8) is 0 Å². The highest BCUT2D eigenvalue weighted by Gasteiger charge is 2.07. The molecule has 5 heteroatoms. The predicted octanol–water partition coefficient (Wildman–Crippen LogP) is 2.41. The molecule has 0 aliphatic carbocycles. The van der Waals surface area contributed by atoms with Crippen LogP contribution < -0.4 is 10.6 Å². The van der Waals surface area contributed by atoms with E-state index in [1.165, 1.54) is 0 Å². The van der Waals surface area contributed by atoms with Crippen molar-refractivity contribution in [2.45, 2.75) is 6.42 Å². The van der Waals surface area contributed by atoms with Crippen molar-refractivity contribution in [2.75, 3.05) is 13.6 Å². The summed E-state index contributed by atoms with van der Waals surface area (Å²) in [6.07, 6.45) is 0.205. The van der Waals surface area contributed by atoms with E-state index in [0.717, 1.165) is 5.56 Å². The fourth-order valence-corrected chi connectivity index (χ4v) is 2.29. The lowest BCUT2D eigenvalue weighted by molar-refractivity contribution is -0.120. The number of benzene rings is 2. The summed E-state index contributed by atoms with van der Waals surface area (Å²) in [4.78, 5) is 23.6. The van der Waals surface area contributed by atoms with E-state index in [4.69, 9.17) is 11.6 Å². The summed E-state index contributed by atoms with van der Waals surface area (Å²) in [5.41, 5.74) is 1.90. The van der Waals surface area contributed by atoms with E-state index >= 15 is 0 Å². The fourth-order valence-electron chi connectivity index (χ4n) is 2.08. The number of carbonyl (C=O) groups excluding carboxylic acids is 2. The van der Waals surface area contributed by atoms with Crippen molar-refractivity contribution in [1.29, 1.82) is 0 Å². The first kappa shape index (κ1) is 17.6. The lowest BCUT2D eigenvalue weighted by atomic mass is 10.1. The molecule has 2 aromatic rings. The number of hydrogen-bond acceptors (Lipinski definition) is 2. The quantitative estimate of drug-likeness (QED) is 0.840. The zero-order valence-electron chi connectivity index (χ0n) is 13.2. The molecule has 0 aliphatic rings. The van der Waals surface area contributed by atoms with Crippen LogP contribution in [-0.2, 0) is 11.2 Å². The third-order valence-corrected chi connectivity index (χ3v) is 3.67. The van der Waals surface area contributed by atoms with Crippen LogP contribution >= 0.6 is 11.6 Å². The Kier molecular flexibility index (Phi) is 6.41. The lowest BCUT2D eigenvalue weighted by Crippen LogP contribution is -2.25. The van der Waals surface area contributed by atoms with Gasteiger partial charge in [-0.2, -0.15) is 0 Å². The fraction of sp³-hybridized carbons (Fsp3) is 0.158. The van der Waals surface area contributed by atoms with Gasteiger partial charge in [-0.3, -0.25) is 9.59 Å². The molecule has 2 aromatic carbocycles. The molecule has 0 bridgehead atoms. The van der Waals surface area contributed by atoms with Gasteiger partial charge in [0.25, 0.3) is 5.91 Å². The number of halogens is 1. The SMILES string of the molecule is CNC(=O)c1ccccc1C#CCNC(=O)Cc1ccccc1Cl. The molecule has 2 amide bonds. The van der Waals surface area contributed by atoms with Crippen molar-refractivity contribution in [1.82, 2.24) is 10.6 Å².